The first kappa shape index (κ1) is 23.1. The number of carbonyl (C=O) groups excluding carboxylic acids is 1. The van der Waals surface area contributed by atoms with Crippen molar-refractivity contribution in [2.45, 2.75) is 52.1 Å². The highest BCUT2D eigenvalue weighted by Crippen LogP contribution is 2.44. The maximum atomic E-state index is 12.7. The van der Waals surface area contributed by atoms with Gasteiger partial charge in [0.05, 0.1) is 12.5 Å². The topological polar surface area (TPSA) is 48.0 Å². The van der Waals surface area contributed by atoms with E-state index in [4.69, 9.17) is 14.2 Å². The molecule has 1 saturated heterocycles. The minimum atomic E-state index is -0.224. The zero-order valence-electron chi connectivity index (χ0n) is 19.6. The van der Waals surface area contributed by atoms with Crippen molar-refractivity contribution < 1.29 is 19.0 Å². The highest BCUT2D eigenvalue weighted by atomic mass is 16.6. The predicted octanol–water partition coefficient (Wildman–Crippen LogP) is 5.18. The van der Waals surface area contributed by atoms with Crippen LogP contribution < -0.4 is 9.47 Å². The molecule has 0 spiro atoms. The Kier molecular flexibility index (Phi) is 6.95. The van der Waals surface area contributed by atoms with Crippen LogP contribution in [0.3, 0.4) is 0 Å². The number of rotatable bonds is 8. The Labute approximate surface area is 186 Å². The summed E-state index contributed by atoms with van der Waals surface area (Å²) in [7, 11) is 2.08. The van der Waals surface area contributed by atoms with Gasteiger partial charge in [-0.1, -0.05) is 24.3 Å². The number of carbonyl (C=O) groups is 1. The van der Waals surface area contributed by atoms with Gasteiger partial charge < -0.3 is 14.2 Å². The lowest BCUT2D eigenvalue weighted by molar-refractivity contribution is -0.151. The van der Waals surface area contributed by atoms with Crippen LogP contribution in [0, 0.1) is 5.92 Å². The third-order valence-electron chi connectivity index (χ3n) is 6.56. The van der Waals surface area contributed by atoms with E-state index in [1.807, 2.05) is 55.5 Å². The summed E-state index contributed by atoms with van der Waals surface area (Å²) in [5, 5.41) is 0. The van der Waals surface area contributed by atoms with Gasteiger partial charge in [-0.3, -0.25) is 9.69 Å². The Balaban J connectivity index is 1.47. The van der Waals surface area contributed by atoms with Crippen LogP contribution in [0.2, 0.25) is 0 Å². The molecule has 1 heterocycles. The van der Waals surface area contributed by atoms with Crippen LogP contribution >= 0.6 is 0 Å². The van der Waals surface area contributed by atoms with E-state index in [0.29, 0.717) is 13.2 Å². The van der Waals surface area contributed by atoms with Crippen LogP contribution in [0.25, 0.3) is 11.1 Å². The average molecular weight is 426 g/mol. The molecule has 0 radical (unpaired) electrons. The van der Waals surface area contributed by atoms with Crippen molar-refractivity contribution in [1.29, 1.82) is 0 Å². The second kappa shape index (κ2) is 9.31. The Hall–Kier alpha value is -2.53. The molecule has 1 aliphatic heterocycles. The first-order chi connectivity index (χ1) is 14.6. The molecule has 2 aromatic rings. The smallest absolute Gasteiger partial charge is 0.310 e. The lowest BCUT2D eigenvalue weighted by Crippen LogP contribution is -2.48. The van der Waals surface area contributed by atoms with Gasteiger partial charge in [-0.15, -0.1) is 0 Å². The van der Waals surface area contributed by atoms with Gasteiger partial charge in [0.2, 0.25) is 0 Å². The monoisotopic (exact) mass is 425 g/mol. The summed E-state index contributed by atoms with van der Waals surface area (Å²) in [5.74, 6) is 1.35. The minimum absolute atomic E-state index is 0.0191. The average Bonchev–Trinajstić information content (AvgIpc) is 2.91. The fourth-order valence-corrected chi connectivity index (χ4v) is 4.33. The molecular formula is C26H35NO4. The molecule has 0 saturated carbocycles. The maximum Gasteiger partial charge on any atom is 0.310 e. The van der Waals surface area contributed by atoms with E-state index >= 15 is 0 Å². The van der Waals surface area contributed by atoms with Crippen molar-refractivity contribution in [2.75, 3.05) is 26.9 Å². The van der Waals surface area contributed by atoms with E-state index in [1.165, 1.54) is 0 Å². The number of esters is 1. The number of benzene rings is 2. The van der Waals surface area contributed by atoms with E-state index in [9.17, 15) is 4.79 Å². The van der Waals surface area contributed by atoms with Crippen molar-refractivity contribution >= 4 is 5.97 Å². The molecule has 0 aromatic heterocycles. The molecule has 168 valence electrons. The second-order valence-electron chi connectivity index (χ2n) is 9.28. The molecular weight excluding hydrogens is 390 g/mol. The van der Waals surface area contributed by atoms with Crippen molar-refractivity contribution in [3.63, 3.8) is 0 Å². The van der Waals surface area contributed by atoms with Gasteiger partial charge in [0.1, 0.15) is 24.7 Å². The SMILES string of the molecule is CCOc1ccc(-c2ccc(OCCOC(=O)C3CC(C)(C)N(C)C3(C)C)cc2)cc1. The van der Waals surface area contributed by atoms with Crippen molar-refractivity contribution in [3.8, 4) is 22.6 Å². The normalized spacial score (nSPS) is 19.7. The molecule has 1 fully saturated rings. The maximum absolute atomic E-state index is 12.7. The van der Waals surface area contributed by atoms with Crippen LogP contribution in [0.4, 0.5) is 0 Å². The summed E-state index contributed by atoms with van der Waals surface area (Å²) in [5.41, 5.74) is 1.99. The molecule has 1 atom stereocenters. The molecule has 3 rings (SSSR count). The van der Waals surface area contributed by atoms with E-state index in [2.05, 4.69) is 39.6 Å². The molecule has 5 nitrogen and oxygen atoms in total. The fourth-order valence-electron chi connectivity index (χ4n) is 4.33. The van der Waals surface area contributed by atoms with Crippen molar-refractivity contribution in [3.05, 3.63) is 48.5 Å². The first-order valence-corrected chi connectivity index (χ1v) is 11.0. The van der Waals surface area contributed by atoms with Crippen LogP contribution in [0.1, 0.15) is 41.0 Å². The highest BCUT2D eigenvalue weighted by Gasteiger charge is 2.52. The predicted molar refractivity (Wildman–Crippen MR) is 124 cm³/mol. The lowest BCUT2D eigenvalue weighted by atomic mass is 9.87. The van der Waals surface area contributed by atoms with Gasteiger partial charge in [-0.05, 0) is 83.5 Å². The molecule has 1 unspecified atom stereocenters. The Morgan fingerprint density at radius 3 is 1.87 bits per heavy atom. The van der Waals surface area contributed by atoms with Crippen molar-refractivity contribution in [2.24, 2.45) is 5.92 Å². The highest BCUT2D eigenvalue weighted by molar-refractivity contribution is 5.75. The van der Waals surface area contributed by atoms with Crippen LogP contribution in [0.5, 0.6) is 11.5 Å². The number of likely N-dealkylation sites (tertiary alicyclic amines) is 1. The number of ether oxygens (including phenoxy) is 3. The summed E-state index contributed by atoms with van der Waals surface area (Å²) < 4.78 is 16.8. The minimum Gasteiger partial charge on any atom is -0.494 e. The first-order valence-electron chi connectivity index (χ1n) is 11.0. The third kappa shape index (κ3) is 5.21. The number of hydrogen-bond acceptors (Lipinski definition) is 5. The van der Waals surface area contributed by atoms with Crippen molar-refractivity contribution in [1.82, 2.24) is 4.90 Å². The molecule has 0 amide bonds. The number of nitrogens with zero attached hydrogens (tertiary/aromatic N) is 1. The quantitative estimate of drug-likeness (QED) is 0.431. The number of hydrogen-bond donors (Lipinski definition) is 0. The summed E-state index contributed by atoms with van der Waals surface area (Å²) in [6.07, 6.45) is 0.795. The Morgan fingerprint density at radius 2 is 1.42 bits per heavy atom. The Bertz CT molecular complexity index is 871. The molecule has 0 bridgehead atoms. The second-order valence-corrected chi connectivity index (χ2v) is 9.28. The van der Waals surface area contributed by atoms with Gasteiger partial charge in [0.15, 0.2) is 0 Å². The van der Waals surface area contributed by atoms with Gasteiger partial charge >= 0.3 is 5.97 Å². The summed E-state index contributed by atoms with van der Waals surface area (Å²) in [6.45, 7) is 11.8. The molecule has 0 N–H and O–H groups in total. The van der Waals surface area contributed by atoms with E-state index in [0.717, 1.165) is 29.0 Å². The van der Waals surface area contributed by atoms with Gasteiger partial charge in [0.25, 0.3) is 0 Å². The molecule has 5 heteroatoms. The van der Waals surface area contributed by atoms with Crippen LogP contribution in [-0.2, 0) is 9.53 Å². The van der Waals surface area contributed by atoms with E-state index in [1.54, 1.807) is 0 Å². The van der Waals surface area contributed by atoms with Gasteiger partial charge in [0, 0.05) is 11.1 Å². The standard InChI is InChI=1S/C26H35NO4/c1-7-29-21-12-8-19(9-13-21)20-10-14-22(15-11-20)30-16-17-31-24(28)23-18-25(2,3)27(6)26(23,4)5/h8-15,23H,7,16-18H2,1-6H3. The van der Waals surface area contributed by atoms with Gasteiger partial charge in [-0.25, -0.2) is 0 Å². The molecule has 1 aliphatic rings. The van der Waals surface area contributed by atoms with Crippen LogP contribution in [-0.4, -0.2) is 48.8 Å². The zero-order chi connectivity index (χ0) is 22.6. The van der Waals surface area contributed by atoms with Crippen LogP contribution in [0.15, 0.2) is 48.5 Å². The zero-order valence-corrected chi connectivity index (χ0v) is 19.6. The fraction of sp³-hybridized carbons (Fsp3) is 0.500. The largest absolute Gasteiger partial charge is 0.494 e. The summed E-state index contributed by atoms with van der Waals surface area (Å²) in [4.78, 5) is 14.9. The lowest BCUT2D eigenvalue weighted by Gasteiger charge is -2.37. The third-order valence-corrected chi connectivity index (χ3v) is 6.56. The molecule has 0 aliphatic carbocycles. The summed E-state index contributed by atoms with van der Waals surface area (Å²) >= 11 is 0. The molecule has 2 aromatic carbocycles. The van der Waals surface area contributed by atoms with Gasteiger partial charge in [-0.2, -0.15) is 0 Å². The molecule has 31 heavy (non-hydrogen) atoms. The summed E-state index contributed by atoms with van der Waals surface area (Å²) in [6, 6.07) is 16.0. The Morgan fingerprint density at radius 1 is 0.903 bits per heavy atom. The van der Waals surface area contributed by atoms with E-state index < -0.39 is 0 Å². The van der Waals surface area contributed by atoms with E-state index in [-0.39, 0.29) is 29.6 Å².